The SMILES string of the molecule is O=C(O)C(F)(F)F.O=C(O)C1=C(/C=C/c2ccc(O)cc2)C[C@@H]2CN[C@@H]3C(=O)N1[C@H]23. The Morgan fingerprint density at radius 2 is 1.73 bits per heavy atom. The number of rotatable bonds is 3. The van der Waals surface area contributed by atoms with E-state index in [1.165, 1.54) is 4.90 Å². The summed E-state index contributed by atoms with van der Waals surface area (Å²) in [4.78, 5) is 34.1. The number of alkyl halides is 3. The number of hydrogen-bond acceptors (Lipinski definition) is 5. The topological polar surface area (TPSA) is 127 Å². The number of β-lactam (4-membered cyclic amide) rings is 1. The quantitative estimate of drug-likeness (QED) is 0.541. The Bertz CT molecular complexity index is 939. The highest BCUT2D eigenvalue weighted by Gasteiger charge is 2.59. The number of aliphatic carboxylic acids is 2. The molecule has 0 bridgehead atoms. The van der Waals surface area contributed by atoms with Gasteiger partial charge in [0.15, 0.2) is 0 Å². The normalized spacial score (nSPS) is 24.8. The third-order valence-corrected chi connectivity index (χ3v) is 5.07. The molecular weight excluding hydrogens is 409 g/mol. The van der Waals surface area contributed by atoms with Crippen molar-refractivity contribution in [3.8, 4) is 5.75 Å². The van der Waals surface area contributed by atoms with Crippen LogP contribution in [0.2, 0.25) is 0 Å². The second kappa shape index (κ2) is 7.82. The van der Waals surface area contributed by atoms with Crippen LogP contribution in [0.5, 0.6) is 5.75 Å². The number of carboxylic acids is 2. The van der Waals surface area contributed by atoms with Crippen LogP contribution in [0.3, 0.4) is 0 Å². The summed E-state index contributed by atoms with van der Waals surface area (Å²) < 4.78 is 31.7. The van der Waals surface area contributed by atoms with Crippen LogP contribution in [-0.2, 0) is 14.4 Å². The van der Waals surface area contributed by atoms with Crippen LogP contribution in [0.1, 0.15) is 12.0 Å². The molecule has 160 valence electrons. The number of phenolic OH excluding ortho intramolecular Hbond substituents is 1. The number of hydrogen-bond donors (Lipinski definition) is 4. The molecular formula is C19H17F3N2O6. The van der Waals surface area contributed by atoms with Gasteiger partial charge in [0.2, 0.25) is 5.91 Å². The molecule has 0 aliphatic carbocycles. The highest BCUT2D eigenvalue weighted by molar-refractivity contribution is 6.01. The molecule has 0 saturated carbocycles. The molecule has 3 aliphatic rings. The van der Waals surface area contributed by atoms with E-state index in [0.29, 0.717) is 12.0 Å². The number of aromatic hydroxyl groups is 1. The number of benzene rings is 1. The van der Waals surface area contributed by atoms with Gasteiger partial charge in [-0.1, -0.05) is 24.3 Å². The van der Waals surface area contributed by atoms with Crippen molar-refractivity contribution in [2.75, 3.05) is 6.54 Å². The Labute approximate surface area is 167 Å². The lowest BCUT2D eigenvalue weighted by atomic mass is 9.79. The second-order valence-corrected chi connectivity index (χ2v) is 6.96. The average molecular weight is 426 g/mol. The number of amides is 1. The van der Waals surface area contributed by atoms with Crippen molar-refractivity contribution in [3.63, 3.8) is 0 Å². The highest BCUT2D eigenvalue weighted by atomic mass is 19.4. The van der Waals surface area contributed by atoms with Crippen molar-refractivity contribution in [3.05, 3.63) is 47.2 Å². The lowest BCUT2D eigenvalue weighted by Crippen LogP contribution is -2.68. The van der Waals surface area contributed by atoms with Crippen LogP contribution in [0.4, 0.5) is 13.2 Å². The largest absolute Gasteiger partial charge is 0.508 e. The summed E-state index contributed by atoms with van der Waals surface area (Å²) in [5.74, 6) is -3.52. The predicted octanol–water partition coefficient (Wildman–Crippen LogP) is 1.58. The van der Waals surface area contributed by atoms with Crippen LogP contribution >= 0.6 is 0 Å². The smallest absolute Gasteiger partial charge is 0.490 e. The number of phenols is 1. The maximum atomic E-state index is 12.1. The van der Waals surface area contributed by atoms with Crippen LogP contribution in [-0.4, -0.2) is 62.9 Å². The molecule has 30 heavy (non-hydrogen) atoms. The zero-order valence-electron chi connectivity index (χ0n) is 15.3. The first-order chi connectivity index (χ1) is 14.0. The average Bonchev–Trinajstić information content (AvgIpc) is 3.07. The van der Waals surface area contributed by atoms with E-state index in [-0.39, 0.29) is 35.4 Å². The maximum absolute atomic E-state index is 12.1. The third-order valence-electron chi connectivity index (χ3n) is 5.07. The Morgan fingerprint density at radius 3 is 2.27 bits per heavy atom. The number of carbonyl (C=O) groups is 3. The van der Waals surface area contributed by atoms with Crippen LogP contribution in [0, 0.1) is 5.92 Å². The van der Waals surface area contributed by atoms with Crippen molar-refractivity contribution in [2.45, 2.75) is 24.7 Å². The van der Waals surface area contributed by atoms with Crippen LogP contribution in [0.15, 0.2) is 41.6 Å². The highest BCUT2D eigenvalue weighted by Crippen LogP contribution is 2.43. The summed E-state index contributed by atoms with van der Waals surface area (Å²) in [5.41, 5.74) is 1.63. The van der Waals surface area contributed by atoms with E-state index < -0.39 is 18.1 Å². The lowest BCUT2D eigenvalue weighted by molar-refractivity contribution is -0.192. The van der Waals surface area contributed by atoms with E-state index in [2.05, 4.69) is 5.32 Å². The molecule has 0 radical (unpaired) electrons. The summed E-state index contributed by atoms with van der Waals surface area (Å²) in [5, 5.41) is 29.1. The Kier molecular flexibility index (Phi) is 5.57. The summed E-state index contributed by atoms with van der Waals surface area (Å²) in [6.45, 7) is 0.737. The first-order valence-corrected chi connectivity index (χ1v) is 8.81. The molecule has 2 fully saturated rings. The number of carboxylic acid groups (broad SMARTS) is 2. The molecule has 4 rings (SSSR count). The molecule has 4 N–H and O–H groups in total. The van der Waals surface area contributed by atoms with Crippen molar-refractivity contribution in [2.24, 2.45) is 5.92 Å². The second-order valence-electron chi connectivity index (χ2n) is 6.96. The molecule has 2 saturated heterocycles. The number of halogens is 3. The maximum Gasteiger partial charge on any atom is 0.490 e. The fourth-order valence-electron chi connectivity index (χ4n) is 3.76. The van der Waals surface area contributed by atoms with Crippen LogP contribution < -0.4 is 5.32 Å². The first-order valence-electron chi connectivity index (χ1n) is 8.81. The number of carbonyl (C=O) groups excluding carboxylic acids is 1. The van der Waals surface area contributed by atoms with E-state index in [4.69, 9.17) is 9.90 Å². The predicted molar refractivity (Wildman–Crippen MR) is 96.0 cm³/mol. The van der Waals surface area contributed by atoms with Gasteiger partial charge in [-0.15, -0.1) is 0 Å². The molecule has 0 unspecified atom stereocenters. The summed E-state index contributed by atoms with van der Waals surface area (Å²) in [6.07, 6.45) is -0.860. The van der Waals surface area contributed by atoms with E-state index >= 15 is 0 Å². The van der Waals surface area contributed by atoms with Crippen LogP contribution in [0.25, 0.3) is 6.08 Å². The molecule has 3 aliphatic heterocycles. The summed E-state index contributed by atoms with van der Waals surface area (Å²) >= 11 is 0. The standard InChI is InChI=1S/C17H16N2O4.C2HF3O2/c20-12-5-2-9(3-6-12)1-4-10-7-11-8-18-13-14(11)19(16(13)21)15(10)17(22)23;3-2(4,5)1(6)7/h1-6,11,13-14,18,20H,7-8H2,(H,22,23);(H,6,7)/b4-1+;/t11-,13+,14-;/m1./s1. The molecule has 0 aromatic heterocycles. The van der Waals surface area contributed by atoms with Gasteiger partial charge in [-0.2, -0.15) is 13.2 Å². The van der Waals surface area contributed by atoms with Gasteiger partial charge in [-0.3, -0.25) is 9.69 Å². The van der Waals surface area contributed by atoms with Crippen molar-refractivity contribution >= 4 is 23.9 Å². The van der Waals surface area contributed by atoms with E-state index in [0.717, 1.165) is 12.1 Å². The molecule has 11 heteroatoms. The number of nitrogens with zero attached hydrogens (tertiary/aromatic N) is 1. The van der Waals surface area contributed by atoms with Gasteiger partial charge in [0.1, 0.15) is 17.5 Å². The monoisotopic (exact) mass is 426 g/mol. The zero-order valence-corrected chi connectivity index (χ0v) is 15.3. The van der Waals surface area contributed by atoms with Gasteiger partial charge < -0.3 is 20.6 Å². The fraction of sp³-hybridized carbons (Fsp3) is 0.316. The molecule has 3 atom stereocenters. The van der Waals surface area contributed by atoms with E-state index in [9.17, 15) is 33.0 Å². The van der Waals surface area contributed by atoms with Crippen molar-refractivity contribution < 1.29 is 42.9 Å². The molecule has 3 heterocycles. The van der Waals surface area contributed by atoms with Gasteiger partial charge in [-0.05, 0) is 35.6 Å². The van der Waals surface area contributed by atoms with Gasteiger partial charge in [0.25, 0.3) is 0 Å². The van der Waals surface area contributed by atoms with Gasteiger partial charge in [-0.25, -0.2) is 9.59 Å². The molecule has 0 spiro atoms. The molecule has 8 nitrogen and oxygen atoms in total. The first kappa shape index (κ1) is 21.4. The van der Waals surface area contributed by atoms with E-state index in [1.807, 2.05) is 6.08 Å². The Morgan fingerprint density at radius 1 is 1.13 bits per heavy atom. The third kappa shape index (κ3) is 4.01. The lowest BCUT2D eigenvalue weighted by Gasteiger charge is -2.48. The minimum atomic E-state index is -5.08. The number of allylic oxidation sites excluding steroid dienone is 2. The van der Waals surface area contributed by atoms with Gasteiger partial charge in [0, 0.05) is 6.54 Å². The van der Waals surface area contributed by atoms with Gasteiger partial charge in [0.05, 0.1) is 6.04 Å². The Hall–Kier alpha value is -3.34. The van der Waals surface area contributed by atoms with E-state index in [1.54, 1.807) is 30.3 Å². The minimum Gasteiger partial charge on any atom is -0.508 e. The summed E-state index contributed by atoms with van der Waals surface area (Å²) in [6, 6.07) is 6.43. The molecule has 1 amide bonds. The summed E-state index contributed by atoms with van der Waals surface area (Å²) in [7, 11) is 0. The molecule has 1 aromatic carbocycles. The zero-order chi connectivity index (χ0) is 22.2. The van der Waals surface area contributed by atoms with Crippen molar-refractivity contribution in [1.82, 2.24) is 10.2 Å². The number of nitrogens with one attached hydrogen (secondary N) is 1. The van der Waals surface area contributed by atoms with Gasteiger partial charge >= 0.3 is 18.1 Å². The molecule has 1 aromatic rings. The van der Waals surface area contributed by atoms with Crippen molar-refractivity contribution in [1.29, 1.82) is 0 Å². The minimum absolute atomic E-state index is 0.0144. The fourth-order valence-corrected chi connectivity index (χ4v) is 3.76. The Balaban J connectivity index is 0.000000318.